The van der Waals surface area contributed by atoms with Crippen molar-refractivity contribution in [1.29, 1.82) is 0 Å². The van der Waals surface area contributed by atoms with Crippen molar-refractivity contribution in [3.05, 3.63) is 34.7 Å². The molecule has 1 aromatic carbocycles. The van der Waals surface area contributed by atoms with Gasteiger partial charge in [-0.1, -0.05) is 0 Å². The highest BCUT2D eigenvalue weighted by Crippen LogP contribution is 2.24. The summed E-state index contributed by atoms with van der Waals surface area (Å²) in [4.78, 5) is 4.56. The van der Waals surface area contributed by atoms with Gasteiger partial charge >= 0.3 is 0 Å². The average Bonchev–Trinajstić information content (AvgIpc) is 2.86. The molecular formula is C14H17NO2S. The summed E-state index contributed by atoms with van der Waals surface area (Å²) in [6, 6.07) is 7.98. The van der Waals surface area contributed by atoms with Gasteiger partial charge in [0.15, 0.2) is 0 Å². The monoisotopic (exact) mass is 263 g/mol. The summed E-state index contributed by atoms with van der Waals surface area (Å²) in [6.45, 7) is 2.88. The van der Waals surface area contributed by atoms with Crippen molar-refractivity contribution in [2.45, 2.75) is 19.8 Å². The maximum Gasteiger partial charge on any atom is 0.119 e. The zero-order valence-electron chi connectivity index (χ0n) is 10.4. The number of nitrogens with zero attached hydrogens (tertiary/aromatic N) is 1. The van der Waals surface area contributed by atoms with Crippen molar-refractivity contribution in [3.63, 3.8) is 0 Å². The average molecular weight is 263 g/mol. The highest BCUT2D eigenvalue weighted by Gasteiger charge is 2.04. The molecule has 0 amide bonds. The van der Waals surface area contributed by atoms with E-state index in [0.29, 0.717) is 6.61 Å². The summed E-state index contributed by atoms with van der Waals surface area (Å²) in [6.07, 6.45) is 1.62. The van der Waals surface area contributed by atoms with Gasteiger partial charge in [0.1, 0.15) is 5.75 Å². The molecule has 2 aromatic rings. The fraction of sp³-hybridized carbons (Fsp3) is 0.357. The van der Waals surface area contributed by atoms with Crippen LogP contribution in [0.25, 0.3) is 11.3 Å². The molecule has 0 aliphatic heterocycles. The number of aromatic nitrogens is 1. The Balaban J connectivity index is 2.08. The van der Waals surface area contributed by atoms with Crippen molar-refractivity contribution in [2.24, 2.45) is 0 Å². The van der Waals surface area contributed by atoms with Crippen molar-refractivity contribution in [3.8, 4) is 17.0 Å². The molecule has 0 aliphatic carbocycles. The molecule has 2 rings (SSSR count). The maximum atomic E-state index is 8.80. The fourth-order valence-corrected chi connectivity index (χ4v) is 2.53. The normalized spacial score (nSPS) is 10.6. The van der Waals surface area contributed by atoms with E-state index >= 15 is 0 Å². The first-order valence-electron chi connectivity index (χ1n) is 6.12. The van der Waals surface area contributed by atoms with Crippen LogP contribution in [0.5, 0.6) is 5.75 Å². The van der Waals surface area contributed by atoms with Crippen LogP contribution in [-0.2, 0) is 6.42 Å². The van der Waals surface area contributed by atoms with Crippen LogP contribution in [0.1, 0.15) is 18.4 Å². The first-order chi connectivity index (χ1) is 8.83. The summed E-state index contributed by atoms with van der Waals surface area (Å²) >= 11 is 1.65. The second-order valence-electron chi connectivity index (χ2n) is 3.91. The van der Waals surface area contributed by atoms with Crippen LogP contribution < -0.4 is 4.74 Å². The molecule has 1 aromatic heterocycles. The van der Waals surface area contributed by atoms with Gasteiger partial charge in [-0.2, -0.15) is 0 Å². The van der Waals surface area contributed by atoms with E-state index in [9.17, 15) is 0 Å². The molecule has 0 unspecified atom stereocenters. The Labute approximate surface area is 111 Å². The number of hydrogen-bond donors (Lipinski definition) is 1. The molecular weight excluding hydrogens is 246 g/mol. The highest BCUT2D eigenvalue weighted by atomic mass is 32.1. The summed E-state index contributed by atoms with van der Waals surface area (Å²) in [5.74, 6) is 0.886. The minimum Gasteiger partial charge on any atom is -0.494 e. The molecule has 0 bridgehead atoms. The Morgan fingerprint density at radius 1 is 1.28 bits per heavy atom. The number of aliphatic hydroxyl groups excluding tert-OH is 1. The van der Waals surface area contributed by atoms with E-state index in [2.05, 4.69) is 10.4 Å². The van der Waals surface area contributed by atoms with E-state index in [1.54, 1.807) is 11.3 Å². The SMILES string of the molecule is CCOc1ccc(-c2csc(CCCO)n2)cc1. The summed E-state index contributed by atoms with van der Waals surface area (Å²) in [7, 11) is 0. The Morgan fingerprint density at radius 2 is 2.06 bits per heavy atom. The second-order valence-corrected chi connectivity index (χ2v) is 4.85. The van der Waals surface area contributed by atoms with Crippen molar-refractivity contribution < 1.29 is 9.84 Å². The lowest BCUT2D eigenvalue weighted by atomic mass is 10.2. The van der Waals surface area contributed by atoms with E-state index in [1.165, 1.54) is 0 Å². The van der Waals surface area contributed by atoms with Crippen LogP contribution in [0, 0.1) is 0 Å². The minimum absolute atomic E-state index is 0.220. The number of rotatable bonds is 6. The number of benzene rings is 1. The van der Waals surface area contributed by atoms with Crippen LogP contribution in [0.15, 0.2) is 29.6 Å². The van der Waals surface area contributed by atoms with Crippen LogP contribution in [-0.4, -0.2) is 23.3 Å². The van der Waals surface area contributed by atoms with Crippen LogP contribution in [0.3, 0.4) is 0 Å². The first-order valence-corrected chi connectivity index (χ1v) is 7.00. The molecule has 0 saturated carbocycles. The van der Waals surface area contributed by atoms with Gasteiger partial charge in [-0.05, 0) is 37.6 Å². The number of ether oxygens (including phenoxy) is 1. The highest BCUT2D eigenvalue weighted by molar-refractivity contribution is 7.09. The van der Waals surface area contributed by atoms with Crippen molar-refractivity contribution >= 4 is 11.3 Å². The summed E-state index contributed by atoms with van der Waals surface area (Å²) in [5.41, 5.74) is 2.10. The van der Waals surface area contributed by atoms with Crippen LogP contribution in [0.4, 0.5) is 0 Å². The molecule has 0 atom stereocenters. The Bertz CT molecular complexity index is 479. The predicted octanol–water partition coefficient (Wildman–Crippen LogP) is 3.13. The number of thiazole rings is 1. The van der Waals surface area contributed by atoms with E-state index in [1.807, 2.05) is 31.2 Å². The molecule has 4 heteroatoms. The molecule has 0 saturated heterocycles. The van der Waals surface area contributed by atoms with Gasteiger partial charge in [0.25, 0.3) is 0 Å². The third-order valence-electron chi connectivity index (χ3n) is 2.56. The molecule has 0 spiro atoms. The lowest BCUT2D eigenvalue weighted by Crippen LogP contribution is -1.91. The molecule has 0 radical (unpaired) electrons. The van der Waals surface area contributed by atoms with E-state index in [4.69, 9.17) is 9.84 Å². The maximum absolute atomic E-state index is 8.80. The molecule has 0 aliphatic rings. The van der Waals surface area contributed by atoms with Gasteiger partial charge in [-0.15, -0.1) is 11.3 Å². The second kappa shape index (κ2) is 6.52. The summed E-state index contributed by atoms with van der Waals surface area (Å²) in [5, 5.41) is 11.9. The summed E-state index contributed by atoms with van der Waals surface area (Å²) < 4.78 is 5.41. The molecule has 1 N–H and O–H groups in total. The topological polar surface area (TPSA) is 42.4 Å². The third-order valence-corrected chi connectivity index (χ3v) is 3.47. The first kappa shape index (κ1) is 13.1. The van der Waals surface area contributed by atoms with Gasteiger partial charge < -0.3 is 9.84 Å². The zero-order valence-corrected chi connectivity index (χ0v) is 11.2. The predicted molar refractivity (Wildman–Crippen MR) is 74.1 cm³/mol. The van der Waals surface area contributed by atoms with Gasteiger partial charge in [0, 0.05) is 24.0 Å². The molecule has 0 fully saturated rings. The van der Waals surface area contributed by atoms with Crippen molar-refractivity contribution in [1.82, 2.24) is 4.98 Å². The largest absolute Gasteiger partial charge is 0.494 e. The lowest BCUT2D eigenvalue weighted by Gasteiger charge is -2.03. The third kappa shape index (κ3) is 3.31. The molecule has 96 valence electrons. The standard InChI is InChI=1S/C14H17NO2S/c1-2-17-12-7-5-11(6-8-12)13-10-18-14(15-13)4-3-9-16/h5-8,10,16H,2-4,9H2,1H3. The lowest BCUT2D eigenvalue weighted by molar-refractivity contribution is 0.288. The number of hydrogen-bond acceptors (Lipinski definition) is 4. The van der Waals surface area contributed by atoms with Gasteiger partial charge in [0.2, 0.25) is 0 Å². The van der Waals surface area contributed by atoms with Gasteiger partial charge in [0.05, 0.1) is 17.3 Å². The Hall–Kier alpha value is -1.39. The number of aryl methyl sites for hydroxylation is 1. The van der Waals surface area contributed by atoms with Crippen molar-refractivity contribution in [2.75, 3.05) is 13.2 Å². The van der Waals surface area contributed by atoms with E-state index < -0.39 is 0 Å². The zero-order chi connectivity index (χ0) is 12.8. The van der Waals surface area contributed by atoms with Gasteiger partial charge in [-0.25, -0.2) is 4.98 Å². The number of aliphatic hydroxyl groups is 1. The fourth-order valence-electron chi connectivity index (χ4n) is 1.68. The van der Waals surface area contributed by atoms with Crippen LogP contribution >= 0.6 is 11.3 Å². The molecule has 1 heterocycles. The van der Waals surface area contributed by atoms with E-state index in [0.717, 1.165) is 34.9 Å². The molecule has 3 nitrogen and oxygen atoms in total. The minimum atomic E-state index is 0.220. The quantitative estimate of drug-likeness (QED) is 0.870. The van der Waals surface area contributed by atoms with Crippen LogP contribution in [0.2, 0.25) is 0 Å². The van der Waals surface area contributed by atoms with Gasteiger partial charge in [-0.3, -0.25) is 0 Å². The molecule has 18 heavy (non-hydrogen) atoms. The van der Waals surface area contributed by atoms with E-state index in [-0.39, 0.29) is 6.61 Å². The Kier molecular flexibility index (Phi) is 4.73. The Morgan fingerprint density at radius 3 is 2.72 bits per heavy atom. The smallest absolute Gasteiger partial charge is 0.119 e.